The van der Waals surface area contributed by atoms with Gasteiger partial charge in [0.25, 0.3) is 0 Å². The van der Waals surface area contributed by atoms with Crippen LogP contribution in [0.3, 0.4) is 0 Å². The first-order valence-electron chi connectivity index (χ1n) is 11.8. The third-order valence-corrected chi connectivity index (χ3v) is 6.00. The molecule has 2 heterocycles. The molecule has 1 atom stereocenters. The van der Waals surface area contributed by atoms with Crippen molar-refractivity contribution in [2.75, 3.05) is 0 Å². The lowest BCUT2D eigenvalue weighted by molar-refractivity contribution is 0.242. The lowest BCUT2D eigenvalue weighted by Gasteiger charge is -2.24. The standard InChI is InChI=1S/C29H25FN4O3/c1-17(2)36-21-12-10-18(11-13-21)27-26-25(23(15-31)28(32)37-29(26)34-33-27)19-7-5-8-22(14-19)35-16-20-6-3-4-9-24(20)30/h3-14,17,25H,16,32H2,1-2H3,(H,33,34)/t25-/m1/s1. The largest absolute Gasteiger partial charge is 0.491 e. The summed E-state index contributed by atoms with van der Waals surface area (Å²) in [6.07, 6.45) is 0.0581. The zero-order valence-corrected chi connectivity index (χ0v) is 20.4. The highest BCUT2D eigenvalue weighted by Gasteiger charge is 2.35. The molecule has 5 rings (SSSR count). The number of aromatic nitrogens is 2. The van der Waals surface area contributed by atoms with Crippen LogP contribution >= 0.6 is 0 Å². The maximum absolute atomic E-state index is 14.1. The fourth-order valence-corrected chi connectivity index (χ4v) is 4.33. The van der Waals surface area contributed by atoms with Crippen LogP contribution in [0.2, 0.25) is 0 Å². The predicted octanol–water partition coefficient (Wildman–Crippen LogP) is 5.80. The van der Waals surface area contributed by atoms with E-state index in [2.05, 4.69) is 16.3 Å². The lowest BCUT2D eigenvalue weighted by Crippen LogP contribution is -2.21. The van der Waals surface area contributed by atoms with Gasteiger partial charge in [0, 0.05) is 11.1 Å². The molecule has 3 N–H and O–H groups in total. The number of nitrogens with two attached hydrogens (primary N) is 1. The van der Waals surface area contributed by atoms with E-state index in [9.17, 15) is 9.65 Å². The zero-order chi connectivity index (χ0) is 25.9. The summed E-state index contributed by atoms with van der Waals surface area (Å²) >= 11 is 0. The quantitative estimate of drug-likeness (QED) is 0.335. The molecule has 8 heteroatoms. The first kappa shape index (κ1) is 23.9. The van der Waals surface area contributed by atoms with E-state index >= 15 is 0 Å². The van der Waals surface area contributed by atoms with Gasteiger partial charge in [0.2, 0.25) is 11.8 Å². The molecule has 0 unspecified atom stereocenters. The molecule has 0 radical (unpaired) electrons. The number of nitrogens with zero attached hydrogens (tertiary/aromatic N) is 2. The molecule has 7 nitrogen and oxygen atoms in total. The van der Waals surface area contributed by atoms with Crippen LogP contribution in [0.5, 0.6) is 17.4 Å². The highest BCUT2D eigenvalue weighted by molar-refractivity contribution is 5.71. The number of rotatable bonds is 7. The van der Waals surface area contributed by atoms with Crippen molar-refractivity contribution in [1.82, 2.24) is 10.2 Å². The molecule has 1 aliphatic heterocycles. The summed E-state index contributed by atoms with van der Waals surface area (Å²) < 4.78 is 31.4. The SMILES string of the molecule is CC(C)Oc1ccc(-c2[nH]nc3c2[C@H](c2cccc(OCc4ccccc4F)c2)C(C#N)=C(N)O3)cc1. The third kappa shape index (κ3) is 4.84. The maximum Gasteiger partial charge on any atom is 0.244 e. The molecule has 4 aromatic rings. The van der Waals surface area contributed by atoms with Crippen molar-refractivity contribution in [2.45, 2.75) is 32.5 Å². The van der Waals surface area contributed by atoms with E-state index in [-0.39, 0.29) is 30.0 Å². The fraction of sp³-hybridized carbons (Fsp3) is 0.172. The van der Waals surface area contributed by atoms with Crippen LogP contribution in [0.25, 0.3) is 11.3 Å². The monoisotopic (exact) mass is 496 g/mol. The second kappa shape index (κ2) is 10.1. The van der Waals surface area contributed by atoms with Crippen LogP contribution < -0.4 is 19.9 Å². The van der Waals surface area contributed by atoms with Gasteiger partial charge in [-0.05, 0) is 61.9 Å². The van der Waals surface area contributed by atoms with Gasteiger partial charge >= 0.3 is 0 Å². The molecule has 0 saturated carbocycles. The number of hydrogen-bond donors (Lipinski definition) is 2. The maximum atomic E-state index is 14.1. The van der Waals surface area contributed by atoms with Gasteiger partial charge in [-0.2, -0.15) is 5.26 Å². The van der Waals surface area contributed by atoms with Crippen molar-refractivity contribution in [2.24, 2.45) is 5.73 Å². The summed E-state index contributed by atoms with van der Waals surface area (Å²) in [4.78, 5) is 0. The summed E-state index contributed by atoms with van der Waals surface area (Å²) in [5.74, 6) is 0.702. The first-order valence-corrected chi connectivity index (χ1v) is 11.8. The molecule has 0 spiro atoms. The minimum atomic E-state index is -0.550. The third-order valence-electron chi connectivity index (χ3n) is 6.00. The second-order valence-electron chi connectivity index (χ2n) is 8.89. The number of fused-ring (bicyclic) bond motifs is 1. The van der Waals surface area contributed by atoms with Crippen molar-refractivity contribution >= 4 is 0 Å². The number of nitriles is 1. The van der Waals surface area contributed by atoms with Crippen LogP contribution in [0.4, 0.5) is 4.39 Å². The number of H-pyrrole nitrogens is 1. The molecule has 186 valence electrons. The van der Waals surface area contributed by atoms with Crippen molar-refractivity contribution in [3.8, 4) is 34.7 Å². The molecule has 1 aromatic heterocycles. The predicted molar refractivity (Wildman–Crippen MR) is 136 cm³/mol. The van der Waals surface area contributed by atoms with Crippen LogP contribution in [0.15, 0.2) is 84.3 Å². The minimum absolute atomic E-state index is 0.00332. The van der Waals surface area contributed by atoms with E-state index in [4.69, 9.17) is 19.9 Å². The Labute approximate surface area is 213 Å². The van der Waals surface area contributed by atoms with E-state index in [1.807, 2.05) is 56.3 Å². The van der Waals surface area contributed by atoms with Gasteiger partial charge < -0.3 is 19.9 Å². The molecule has 0 aliphatic carbocycles. The van der Waals surface area contributed by atoms with Gasteiger partial charge in [0.1, 0.15) is 35.6 Å². The van der Waals surface area contributed by atoms with E-state index in [0.717, 1.165) is 16.9 Å². The van der Waals surface area contributed by atoms with Crippen molar-refractivity contribution in [3.63, 3.8) is 0 Å². The first-order chi connectivity index (χ1) is 17.9. The molecular formula is C29H25FN4O3. The summed E-state index contributed by atoms with van der Waals surface area (Å²) in [5.41, 5.74) is 9.85. The Balaban J connectivity index is 1.51. The molecule has 0 bridgehead atoms. The second-order valence-corrected chi connectivity index (χ2v) is 8.89. The van der Waals surface area contributed by atoms with Gasteiger partial charge in [0.05, 0.1) is 23.3 Å². The van der Waals surface area contributed by atoms with Gasteiger partial charge in [-0.1, -0.05) is 30.3 Å². The minimum Gasteiger partial charge on any atom is -0.491 e. The highest BCUT2D eigenvalue weighted by Crippen LogP contribution is 2.46. The Hall–Kier alpha value is -4.77. The molecular weight excluding hydrogens is 471 g/mol. The smallest absolute Gasteiger partial charge is 0.244 e. The van der Waals surface area contributed by atoms with Gasteiger partial charge in [-0.25, -0.2) is 4.39 Å². The molecule has 37 heavy (non-hydrogen) atoms. The molecule has 1 aliphatic rings. The molecule has 0 fully saturated rings. The van der Waals surface area contributed by atoms with Gasteiger partial charge in [-0.3, -0.25) is 5.10 Å². The van der Waals surface area contributed by atoms with Crippen LogP contribution in [-0.2, 0) is 6.61 Å². The van der Waals surface area contributed by atoms with E-state index in [0.29, 0.717) is 28.5 Å². The lowest BCUT2D eigenvalue weighted by atomic mass is 9.83. The topological polar surface area (TPSA) is 106 Å². The molecule has 3 aromatic carbocycles. The Morgan fingerprint density at radius 1 is 1.08 bits per heavy atom. The van der Waals surface area contributed by atoms with Crippen LogP contribution in [0, 0.1) is 17.1 Å². The number of aromatic amines is 1. The molecule has 0 saturated heterocycles. The van der Waals surface area contributed by atoms with E-state index < -0.39 is 5.92 Å². The summed E-state index contributed by atoms with van der Waals surface area (Å²) in [6.45, 7) is 4.00. The van der Waals surface area contributed by atoms with Crippen molar-refractivity contribution in [3.05, 3.63) is 107 Å². The number of nitrogens with one attached hydrogen (secondary N) is 1. The van der Waals surface area contributed by atoms with Crippen LogP contribution in [0.1, 0.15) is 36.5 Å². The zero-order valence-electron chi connectivity index (χ0n) is 20.4. The van der Waals surface area contributed by atoms with Crippen LogP contribution in [-0.4, -0.2) is 16.3 Å². The number of allylic oxidation sites excluding steroid dienone is 1. The van der Waals surface area contributed by atoms with Gasteiger partial charge in [0.15, 0.2) is 0 Å². The normalized spacial score (nSPS) is 14.6. The Morgan fingerprint density at radius 3 is 2.59 bits per heavy atom. The van der Waals surface area contributed by atoms with Crippen molar-refractivity contribution < 1.29 is 18.6 Å². The number of hydrogen-bond acceptors (Lipinski definition) is 6. The average Bonchev–Trinajstić information content (AvgIpc) is 3.31. The Kier molecular flexibility index (Phi) is 6.52. The number of benzene rings is 3. The van der Waals surface area contributed by atoms with E-state index in [1.165, 1.54) is 6.07 Å². The van der Waals surface area contributed by atoms with Crippen molar-refractivity contribution in [1.29, 1.82) is 5.26 Å². The van der Waals surface area contributed by atoms with Gasteiger partial charge in [-0.15, -0.1) is 5.10 Å². The molecule has 0 amide bonds. The Bertz CT molecular complexity index is 1500. The number of ether oxygens (including phenoxy) is 3. The fourth-order valence-electron chi connectivity index (χ4n) is 4.33. The Morgan fingerprint density at radius 2 is 1.86 bits per heavy atom. The summed E-state index contributed by atoms with van der Waals surface area (Å²) in [5, 5.41) is 17.4. The van der Waals surface area contributed by atoms with E-state index in [1.54, 1.807) is 24.3 Å². The average molecular weight is 497 g/mol. The number of halogens is 1. The highest BCUT2D eigenvalue weighted by atomic mass is 19.1. The summed E-state index contributed by atoms with van der Waals surface area (Å²) in [7, 11) is 0. The summed E-state index contributed by atoms with van der Waals surface area (Å²) in [6, 6.07) is 23.6.